The number of aromatic amines is 2. The molecule has 0 saturated carbocycles. The lowest BCUT2D eigenvalue weighted by atomic mass is 10.1. The second-order valence-electron chi connectivity index (χ2n) is 7.21. The number of alkyl halides is 3. The summed E-state index contributed by atoms with van der Waals surface area (Å²) in [5.41, 5.74) is -0.416. The van der Waals surface area contributed by atoms with Crippen molar-refractivity contribution >= 4 is 11.8 Å². The standard InChI is InChI=1S/C22H18F3N5O3S/c1-33-17-7-5-16(6-8-17)30-18(10-15-11-19(31)27-20(32)26-15)28-29-21(30)34-12-13-3-2-4-14(9-13)22(23,24)25/h2-9,11H,10,12H2,1H3,(H2,26,27,31,32). The fourth-order valence-electron chi connectivity index (χ4n) is 3.27. The number of H-pyrrole nitrogens is 2. The van der Waals surface area contributed by atoms with E-state index in [1.807, 2.05) is 0 Å². The van der Waals surface area contributed by atoms with E-state index in [0.29, 0.717) is 33.7 Å². The average Bonchev–Trinajstić information content (AvgIpc) is 3.19. The van der Waals surface area contributed by atoms with Crippen molar-refractivity contribution in [1.29, 1.82) is 0 Å². The van der Waals surface area contributed by atoms with Crippen molar-refractivity contribution in [3.8, 4) is 11.4 Å². The summed E-state index contributed by atoms with van der Waals surface area (Å²) in [7, 11) is 1.54. The van der Waals surface area contributed by atoms with Crippen LogP contribution in [0.25, 0.3) is 5.69 Å². The molecule has 176 valence electrons. The minimum atomic E-state index is -4.43. The lowest BCUT2D eigenvalue weighted by Gasteiger charge is -2.12. The van der Waals surface area contributed by atoms with E-state index in [1.54, 1.807) is 42.0 Å². The first-order chi connectivity index (χ1) is 16.2. The molecule has 0 radical (unpaired) electrons. The van der Waals surface area contributed by atoms with Gasteiger partial charge in [-0.3, -0.25) is 14.3 Å². The van der Waals surface area contributed by atoms with Crippen LogP contribution in [0.3, 0.4) is 0 Å². The lowest BCUT2D eigenvalue weighted by molar-refractivity contribution is -0.137. The van der Waals surface area contributed by atoms with Crippen LogP contribution in [0, 0.1) is 0 Å². The Hall–Kier alpha value is -3.80. The Kier molecular flexibility index (Phi) is 6.59. The summed E-state index contributed by atoms with van der Waals surface area (Å²) < 4.78 is 46.1. The smallest absolute Gasteiger partial charge is 0.416 e. The summed E-state index contributed by atoms with van der Waals surface area (Å²) in [6, 6.07) is 13.4. The molecule has 0 aliphatic heterocycles. The lowest BCUT2D eigenvalue weighted by Crippen LogP contribution is -2.23. The normalized spacial score (nSPS) is 11.5. The molecule has 0 fully saturated rings. The van der Waals surface area contributed by atoms with Gasteiger partial charge in [-0.15, -0.1) is 10.2 Å². The van der Waals surface area contributed by atoms with Crippen LogP contribution in [0.15, 0.2) is 69.3 Å². The number of halogens is 3. The molecule has 0 unspecified atom stereocenters. The second-order valence-corrected chi connectivity index (χ2v) is 8.15. The van der Waals surface area contributed by atoms with Gasteiger partial charge in [0.1, 0.15) is 11.6 Å². The van der Waals surface area contributed by atoms with Crippen molar-refractivity contribution in [3.05, 3.63) is 98.1 Å². The monoisotopic (exact) mass is 489 g/mol. The molecule has 2 heterocycles. The number of benzene rings is 2. The Labute approximate surface area is 194 Å². The third kappa shape index (κ3) is 5.39. The van der Waals surface area contributed by atoms with Crippen LogP contribution in [-0.2, 0) is 18.3 Å². The third-order valence-electron chi connectivity index (χ3n) is 4.82. The van der Waals surface area contributed by atoms with Gasteiger partial charge in [0.05, 0.1) is 12.7 Å². The maximum absolute atomic E-state index is 13.1. The molecule has 34 heavy (non-hydrogen) atoms. The fraction of sp³-hybridized carbons (Fsp3) is 0.182. The molecule has 12 heteroatoms. The third-order valence-corrected chi connectivity index (χ3v) is 5.82. The van der Waals surface area contributed by atoms with Crippen molar-refractivity contribution < 1.29 is 17.9 Å². The molecule has 0 aliphatic carbocycles. The predicted octanol–water partition coefficient (Wildman–Crippen LogP) is 3.55. The van der Waals surface area contributed by atoms with Crippen molar-refractivity contribution in [2.45, 2.75) is 23.5 Å². The Morgan fingerprint density at radius 1 is 1.03 bits per heavy atom. The van der Waals surface area contributed by atoms with E-state index in [-0.39, 0.29) is 12.2 Å². The quantitative estimate of drug-likeness (QED) is 0.385. The molecule has 0 amide bonds. The minimum absolute atomic E-state index is 0.0995. The van der Waals surface area contributed by atoms with Gasteiger partial charge in [-0.05, 0) is 35.9 Å². The van der Waals surface area contributed by atoms with Gasteiger partial charge in [0.2, 0.25) is 0 Å². The number of nitrogens with one attached hydrogen (secondary N) is 2. The number of aromatic nitrogens is 5. The highest BCUT2D eigenvalue weighted by molar-refractivity contribution is 7.98. The highest BCUT2D eigenvalue weighted by Crippen LogP contribution is 2.32. The maximum atomic E-state index is 13.1. The summed E-state index contributed by atoms with van der Waals surface area (Å²) in [5, 5.41) is 8.85. The molecular weight excluding hydrogens is 471 g/mol. The molecule has 4 rings (SSSR count). The van der Waals surface area contributed by atoms with Gasteiger partial charge in [0.25, 0.3) is 5.56 Å². The van der Waals surface area contributed by atoms with Crippen LogP contribution in [0.1, 0.15) is 22.6 Å². The summed E-state index contributed by atoms with van der Waals surface area (Å²) >= 11 is 1.21. The van der Waals surface area contributed by atoms with Crippen LogP contribution in [0.4, 0.5) is 13.2 Å². The van der Waals surface area contributed by atoms with Crippen molar-refractivity contribution in [3.63, 3.8) is 0 Å². The molecule has 2 N–H and O–H groups in total. The molecule has 0 bridgehead atoms. The highest BCUT2D eigenvalue weighted by atomic mass is 32.2. The van der Waals surface area contributed by atoms with Crippen LogP contribution in [-0.4, -0.2) is 31.8 Å². The second kappa shape index (κ2) is 9.59. The molecular formula is C22H18F3N5O3S. The largest absolute Gasteiger partial charge is 0.497 e. The van der Waals surface area contributed by atoms with Crippen LogP contribution in [0.5, 0.6) is 5.75 Å². The molecule has 0 spiro atoms. The highest BCUT2D eigenvalue weighted by Gasteiger charge is 2.30. The summed E-state index contributed by atoms with van der Waals surface area (Å²) in [6.07, 6.45) is -4.33. The Morgan fingerprint density at radius 2 is 1.79 bits per heavy atom. The Balaban J connectivity index is 1.68. The van der Waals surface area contributed by atoms with Crippen LogP contribution >= 0.6 is 11.8 Å². The van der Waals surface area contributed by atoms with Crippen molar-refractivity contribution in [2.24, 2.45) is 0 Å². The maximum Gasteiger partial charge on any atom is 0.416 e. The molecule has 0 saturated heterocycles. The molecule has 8 nitrogen and oxygen atoms in total. The summed E-state index contributed by atoms with van der Waals surface area (Å²) in [4.78, 5) is 28.0. The number of rotatable bonds is 7. The van der Waals surface area contributed by atoms with Crippen LogP contribution in [0.2, 0.25) is 0 Å². The molecule has 0 aliphatic rings. The van der Waals surface area contributed by atoms with E-state index in [1.165, 1.54) is 23.9 Å². The van der Waals surface area contributed by atoms with E-state index < -0.39 is 23.0 Å². The van der Waals surface area contributed by atoms with Gasteiger partial charge in [0, 0.05) is 29.6 Å². The topological polar surface area (TPSA) is 106 Å². The first-order valence-electron chi connectivity index (χ1n) is 9.93. The average molecular weight is 489 g/mol. The van der Waals surface area contributed by atoms with E-state index in [2.05, 4.69) is 20.2 Å². The zero-order chi connectivity index (χ0) is 24.3. The number of hydrogen-bond acceptors (Lipinski definition) is 6. The first kappa shape index (κ1) is 23.4. The number of thioether (sulfide) groups is 1. The van der Waals surface area contributed by atoms with E-state index >= 15 is 0 Å². The summed E-state index contributed by atoms with van der Waals surface area (Å²) in [6.45, 7) is 0. The number of methoxy groups -OCH3 is 1. The van der Waals surface area contributed by atoms with E-state index in [4.69, 9.17) is 4.74 Å². The fourth-order valence-corrected chi connectivity index (χ4v) is 4.18. The van der Waals surface area contributed by atoms with Gasteiger partial charge < -0.3 is 9.72 Å². The van der Waals surface area contributed by atoms with Crippen molar-refractivity contribution in [2.75, 3.05) is 7.11 Å². The Morgan fingerprint density at radius 3 is 2.47 bits per heavy atom. The van der Waals surface area contributed by atoms with Gasteiger partial charge in [0.15, 0.2) is 5.16 Å². The first-order valence-corrected chi connectivity index (χ1v) is 10.9. The van der Waals surface area contributed by atoms with Gasteiger partial charge in [-0.1, -0.05) is 30.0 Å². The molecule has 4 aromatic rings. The SMILES string of the molecule is COc1ccc(-n2c(Cc3cc(=O)[nH]c(=O)[nH]3)nnc2SCc2cccc(C(F)(F)F)c2)cc1. The van der Waals surface area contributed by atoms with Gasteiger partial charge >= 0.3 is 11.9 Å². The van der Waals surface area contributed by atoms with E-state index in [0.717, 1.165) is 12.1 Å². The number of ether oxygens (including phenoxy) is 1. The molecule has 2 aromatic heterocycles. The van der Waals surface area contributed by atoms with Gasteiger partial charge in [-0.2, -0.15) is 13.2 Å². The molecule has 2 aromatic carbocycles. The zero-order valence-corrected chi connectivity index (χ0v) is 18.5. The Bertz CT molecular complexity index is 1380. The van der Waals surface area contributed by atoms with Gasteiger partial charge in [-0.25, -0.2) is 4.79 Å². The predicted molar refractivity (Wildman–Crippen MR) is 119 cm³/mol. The summed E-state index contributed by atoms with van der Waals surface area (Å²) in [5.74, 6) is 1.29. The number of hydrogen-bond donors (Lipinski definition) is 2. The number of nitrogens with zero attached hydrogens (tertiary/aromatic N) is 3. The molecule has 0 atom stereocenters. The van der Waals surface area contributed by atoms with Crippen LogP contribution < -0.4 is 16.0 Å². The van der Waals surface area contributed by atoms with Crippen molar-refractivity contribution in [1.82, 2.24) is 24.7 Å². The van der Waals surface area contributed by atoms with E-state index in [9.17, 15) is 22.8 Å². The minimum Gasteiger partial charge on any atom is -0.497 e. The zero-order valence-electron chi connectivity index (χ0n) is 17.7.